The zero-order valence-electron chi connectivity index (χ0n) is 31.8. The fourth-order valence-corrected chi connectivity index (χ4v) is 6.98. The lowest BCUT2D eigenvalue weighted by atomic mass is 9.85. The summed E-state index contributed by atoms with van der Waals surface area (Å²) in [5, 5.41) is 8.33. The first-order chi connectivity index (χ1) is 25.6. The van der Waals surface area contributed by atoms with Crippen molar-refractivity contribution in [1.82, 2.24) is 0 Å². The number of rotatable bonds is 2. The molecule has 9 aromatic carbocycles. The van der Waals surface area contributed by atoms with Crippen molar-refractivity contribution in [3.63, 3.8) is 0 Å². The molecule has 0 unspecified atom stereocenters. The molecule has 0 spiro atoms. The molecule has 0 bridgehead atoms. The highest BCUT2D eigenvalue weighted by molar-refractivity contribution is 6.23. The van der Waals surface area contributed by atoms with Crippen LogP contribution in [0.1, 0.15) is 11.0 Å². The molecule has 1 heterocycles. The number of fused-ring (bicyclic) bond motifs is 9. The van der Waals surface area contributed by atoms with Crippen LogP contribution in [0.2, 0.25) is 0 Å². The Hall–Kier alpha value is -5.92. The van der Waals surface area contributed by atoms with E-state index in [0.717, 1.165) is 43.1 Å². The van der Waals surface area contributed by atoms with Gasteiger partial charge in [0.05, 0.1) is 11.0 Å². The highest BCUT2D eigenvalue weighted by atomic mass is 16.3. The molecule has 0 saturated heterocycles. The Balaban J connectivity index is 1.41. The van der Waals surface area contributed by atoms with Crippen LogP contribution in [0.25, 0.3) is 98.1 Å². The number of benzene rings is 9. The molecule has 1 nitrogen and oxygen atoms in total. The smallest absolute Gasteiger partial charge is 0.136 e. The second-order valence-electron chi connectivity index (χ2n) is 11.5. The normalized spacial score (nSPS) is 14.5. The molecule has 0 fully saturated rings. The van der Waals surface area contributed by atoms with E-state index < -0.39 is 24.2 Å². The second kappa shape index (κ2) is 9.29. The molecule has 0 N–H and O–H groups in total. The first kappa shape index (κ1) is 18.0. The minimum absolute atomic E-state index is 0.180. The van der Waals surface area contributed by atoms with E-state index in [1.165, 1.54) is 0 Å². The minimum Gasteiger partial charge on any atom is -0.456 e. The number of hydrogen-bond donors (Lipinski definition) is 0. The maximum Gasteiger partial charge on any atom is 0.136 e. The molecule has 45 heavy (non-hydrogen) atoms. The van der Waals surface area contributed by atoms with Gasteiger partial charge in [-0.1, -0.05) is 127 Å². The Morgan fingerprint density at radius 2 is 0.844 bits per heavy atom. The highest BCUT2D eigenvalue weighted by Crippen LogP contribution is 2.45. The van der Waals surface area contributed by atoms with E-state index in [4.69, 9.17) is 9.90 Å². The zero-order valence-corrected chi connectivity index (χ0v) is 23.8. The minimum atomic E-state index is -0.430. The van der Waals surface area contributed by atoms with Crippen LogP contribution in [-0.2, 0) is 0 Å². The van der Waals surface area contributed by atoms with Crippen molar-refractivity contribution >= 4 is 75.8 Å². The van der Waals surface area contributed by atoms with E-state index in [1.807, 2.05) is 97.1 Å². The van der Waals surface area contributed by atoms with Crippen molar-refractivity contribution in [2.75, 3.05) is 0 Å². The van der Waals surface area contributed by atoms with E-state index in [1.54, 1.807) is 6.07 Å². The highest BCUT2D eigenvalue weighted by Gasteiger charge is 2.18. The molecule has 0 saturated carbocycles. The Morgan fingerprint density at radius 3 is 1.51 bits per heavy atom. The van der Waals surface area contributed by atoms with Crippen molar-refractivity contribution in [3.05, 3.63) is 158 Å². The quantitative estimate of drug-likeness (QED) is 0.147. The third-order valence-electron chi connectivity index (χ3n) is 9.04. The maximum absolute atomic E-state index is 9.36. The fraction of sp³-hybridized carbons (Fsp3) is 0. The average molecular weight is 579 g/mol. The monoisotopic (exact) mass is 578 g/mol. The van der Waals surface area contributed by atoms with Crippen LogP contribution < -0.4 is 0 Å². The molecular weight excluding hydrogens is 544 g/mol. The molecule has 0 aliphatic rings. The lowest BCUT2D eigenvalue weighted by Crippen LogP contribution is -1.91. The van der Waals surface area contributed by atoms with Crippen molar-refractivity contribution in [2.45, 2.75) is 0 Å². The molecule has 0 atom stereocenters. The molecule has 0 aliphatic carbocycles. The van der Waals surface area contributed by atoms with E-state index in [0.29, 0.717) is 33.4 Å². The van der Waals surface area contributed by atoms with E-state index in [9.17, 15) is 5.48 Å². The molecule has 10 aromatic rings. The molecule has 1 aromatic heterocycles. The lowest BCUT2D eigenvalue weighted by molar-refractivity contribution is 0.669. The third kappa shape index (κ3) is 3.62. The first-order valence-corrected chi connectivity index (χ1v) is 14.9. The van der Waals surface area contributed by atoms with Gasteiger partial charge in [-0.15, -0.1) is 0 Å². The molecule has 208 valence electrons. The van der Waals surface area contributed by atoms with Crippen LogP contribution in [0.15, 0.2) is 162 Å². The molecular formula is C44H26O. The standard InChI is InChI=1S/C44H26O/c1-2-11-30-26-42-40(23-29(30)10-1)39-25-32(21-22-41(39)45-42)44-36-15-7-5-13-34(36)43(35-14-6-8-16-37(35)44)31-20-19-28-18-17-27-9-3-4-12-33(27)38(28)24-31/h1-26H/i5D,6D,7D,8D,13D,14D,15D,16D. The van der Waals surface area contributed by atoms with Crippen molar-refractivity contribution < 1.29 is 15.4 Å². The summed E-state index contributed by atoms with van der Waals surface area (Å²) in [6.45, 7) is 0. The van der Waals surface area contributed by atoms with Crippen LogP contribution in [0.5, 0.6) is 0 Å². The second-order valence-corrected chi connectivity index (χ2v) is 11.5. The van der Waals surface area contributed by atoms with Crippen molar-refractivity contribution in [2.24, 2.45) is 0 Å². The summed E-state index contributed by atoms with van der Waals surface area (Å²) < 4.78 is 79.0. The maximum atomic E-state index is 9.36. The number of furan rings is 1. The van der Waals surface area contributed by atoms with Crippen LogP contribution >= 0.6 is 0 Å². The molecule has 10 rings (SSSR count). The lowest BCUT2D eigenvalue weighted by Gasteiger charge is -2.18. The van der Waals surface area contributed by atoms with E-state index >= 15 is 0 Å². The van der Waals surface area contributed by atoms with Gasteiger partial charge in [-0.05, 0) is 106 Å². The number of hydrogen-bond acceptors (Lipinski definition) is 1. The Labute approximate surface area is 270 Å². The van der Waals surface area contributed by atoms with Crippen LogP contribution in [-0.4, -0.2) is 0 Å². The Kier molecular flexibility index (Phi) is 3.72. The topological polar surface area (TPSA) is 13.1 Å². The predicted molar refractivity (Wildman–Crippen MR) is 192 cm³/mol. The summed E-state index contributed by atoms with van der Waals surface area (Å²) in [5.41, 5.74) is 3.06. The van der Waals surface area contributed by atoms with Crippen molar-refractivity contribution in [1.29, 1.82) is 0 Å². The van der Waals surface area contributed by atoms with Gasteiger partial charge < -0.3 is 4.42 Å². The summed E-state index contributed by atoms with van der Waals surface area (Å²) in [4.78, 5) is 0. The van der Waals surface area contributed by atoms with Gasteiger partial charge in [-0.2, -0.15) is 0 Å². The molecule has 0 aliphatic heterocycles. The summed E-state index contributed by atoms with van der Waals surface area (Å²) in [7, 11) is 0. The largest absolute Gasteiger partial charge is 0.456 e. The van der Waals surface area contributed by atoms with Crippen molar-refractivity contribution in [3.8, 4) is 22.3 Å². The van der Waals surface area contributed by atoms with Gasteiger partial charge >= 0.3 is 0 Å². The van der Waals surface area contributed by atoms with Gasteiger partial charge in [0.15, 0.2) is 0 Å². The van der Waals surface area contributed by atoms with Gasteiger partial charge in [0.25, 0.3) is 0 Å². The van der Waals surface area contributed by atoms with Gasteiger partial charge in [0.1, 0.15) is 11.2 Å². The predicted octanol–water partition coefficient (Wildman–Crippen LogP) is 12.7. The summed E-state index contributed by atoms with van der Waals surface area (Å²) in [5.74, 6) is 0. The van der Waals surface area contributed by atoms with Gasteiger partial charge in [-0.3, -0.25) is 0 Å². The zero-order chi connectivity index (χ0) is 36.4. The first-order valence-electron chi connectivity index (χ1n) is 18.9. The van der Waals surface area contributed by atoms with E-state index in [2.05, 4.69) is 6.07 Å². The van der Waals surface area contributed by atoms with Gasteiger partial charge in [-0.25, -0.2) is 0 Å². The molecule has 0 amide bonds. The van der Waals surface area contributed by atoms with Gasteiger partial charge in [0, 0.05) is 10.8 Å². The fourth-order valence-electron chi connectivity index (χ4n) is 6.98. The van der Waals surface area contributed by atoms with Crippen LogP contribution in [0, 0.1) is 0 Å². The van der Waals surface area contributed by atoms with Crippen LogP contribution in [0.4, 0.5) is 0 Å². The summed E-state index contributed by atoms with van der Waals surface area (Å²) >= 11 is 0. The summed E-state index contributed by atoms with van der Waals surface area (Å²) in [6.07, 6.45) is 0. The molecule has 1 heteroatoms. The third-order valence-corrected chi connectivity index (χ3v) is 9.04. The Morgan fingerprint density at radius 1 is 0.356 bits per heavy atom. The van der Waals surface area contributed by atoms with Crippen LogP contribution in [0.3, 0.4) is 0 Å². The Bertz CT molecular complexity index is 3190. The average Bonchev–Trinajstić information content (AvgIpc) is 3.54. The van der Waals surface area contributed by atoms with E-state index in [-0.39, 0.29) is 45.7 Å². The van der Waals surface area contributed by atoms with Gasteiger partial charge in [0.2, 0.25) is 0 Å². The summed E-state index contributed by atoms with van der Waals surface area (Å²) in [6, 6.07) is 32.5. The SMILES string of the molecule is [2H]c1c([2H])c([2H])c2c(-c3ccc4oc5cc6ccccc6cc5c4c3)c3c([2H])c([2H])c([2H])c([2H])c3c(-c3ccc4ccc5ccccc5c4c3)c2c1[2H]. The molecule has 0 radical (unpaired) electrons.